The van der Waals surface area contributed by atoms with E-state index in [0.717, 1.165) is 18.2 Å². The largest absolute Gasteiger partial charge is 0.462 e. The van der Waals surface area contributed by atoms with E-state index in [4.69, 9.17) is 4.74 Å². The van der Waals surface area contributed by atoms with Gasteiger partial charge in [-0.1, -0.05) is 32.0 Å². The second-order valence-corrected chi connectivity index (χ2v) is 7.02. The van der Waals surface area contributed by atoms with Gasteiger partial charge in [-0.2, -0.15) is 13.2 Å². The topological polar surface area (TPSA) is 55.4 Å². The summed E-state index contributed by atoms with van der Waals surface area (Å²) in [5.74, 6) is -2.44. The molecule has 2 aromatic carbocycles. The van der Waals surface area contributed by atoms with Crippen LogP contribution in [0.1, 0.15) is 52.6 Å². The lowest BCUT2D eigenvalue weighted by molar-refractivity contribution is -0.137. The third-order valence-electron chi connectivity index (χ3n) is 4.41. The maximum absolute atomic E-state index is 14.3. The number of hydrogen-bond donors (Lipinski definition) is 1. The van der Waals surface area contributed by atoms with Crippen LogP contribution in [-0.2, 0) is 16.3 Å². The Bertz CT molecular complexity index is 907. The van der Waals surface area contributed by atoms with Crippen molar-refractivity contribution in [1.82, 2.24) is 5.32 Å². The summed E-state index contributed by atoms with van der Waals surface area (Å²) < 4.78 is 58.3. The van der Waals surface area contributed by atoms with Gasteiger partial charge < -0.3 is 10.1 Å². The van der Waals surface area contributed by atoms with Crippen LogP contribution in [0.2, 0.25) is 0 Å². The molecule has 29 heavy (non-hydrogen) atoms. The number of rotatable bonds is 6. The van der Waals surface area contributed by atoms with Crippen LogP contribution in [0.15, 0.2) is 42.5 Å². The highest BCUT2D eigenvalue weighted by atomic mass is 19.4. The highest BCUT2D eigenvalue weighted by molar-refractivity contribution is 5.96. The molecule has 2 aromatic rings. The van der Waals surface area contributed by atoms with Crippen molar-refractivity contribution >= 4 is 11.9 Å². The summed E-state index contributed by atoms with van der Waals surface area (Å²) in [7, 11) is 0. The van der Waals surface area contributed by atoms with Gasteiger partial charge in [0.25, 0.3) is 5.91 Å². The van der Waals surface area contributed by atoms with Gasteiger partial charge >= 0.3 is 12.1 Å². The van der Waals surface area contributed by atoms with Crippen LogP contribution < -0.4 is 5.32 Å². The number of ether oxygens (including phenoxy) is 1. The fraction of sp³-hybridized carbons (Fsp3) is 0.333. The highest BCUT2D eigenvalue weighted by Crippen LogP contribution is 2.32. The molecule has 2 rings (SSSR count). The minimum absolute atomic E-state index is 0.0454. The summed E-state index contributed by atoms with van der Waals surface area (Å²) in [4.78, 5) is 24.0. The number of halogens is 4. The minimum atomic E-state index is -4.66. The zero-order chi connectivity index (χ0) is 21.8. The molecule has 1 amide bonds. The third-order valence-corrected chi connectivity index (χ3v) is 4.41. The van der Waals surface area contributed by atoms with Crippen LogP contribution in [0.5, 0.6) is 0 Å². The average molecular weight is 411 g/mol. The Kier molecular flexibility index (Phi) is 6.66. The molecule has 0 spiro atoms. The third kappa shape index (κ3) is 5.34. The van der Waals surface area contributed by atoms with Crippen molar-refractivity contribution in [1.29, 1.82) is 0 Å². The molecule has 0 atom stereocenters. The van der Waals surface area contributed by atoms with Gasteiger partial charge in [-0.3, -0.25) is 4.79 Å². The maximum atomic E-state index is 14.3. The van der Waals surface area contributed by atoms with E-state index in [1.165, 1.54) is 24.3 Å². The van der Waals surface area contributed by atoms with Crippen LogP contribution >= 0.6 is 0 Å². The molecule has 0 aliphatic rings. The van der Waals surface area contributed by atoms with Crippen LogP contribution in [0.3, 0.4) is 0 Å². The molecule has 1 N–H and O–H groups in total. The zero-order valence-electron chi connectivity index (χ0n) is 16.2. The molecule has 0 radical (unpaired) electrons. The quantitative estimate of drug-likeness (QED) is 0.552. The van der Waals surface area contributed by atoms with E-state index in [1.54, 1.807) is 20.8 Å². The predicted molar refractivity (Wildman–Crippen MR) is 99.2 cm³/mol. The molecule has 8 heteroatoms. The molecule has 4 nitrogen and oxygen atoms in total. The van der Waals surface area contributed by atoms with E-state index in [2.05, 4.69) is 5.32 Å². The Morgan fingerprint density at radius 3 is 2.28 bits per heavy atom. The fourth-order valence-electron chi connectivity index (χ4n) is 2.74. The minimum Gasteiger partial charge on any atom is -0.462 e. The van der Waals surface area contributed by atoms with Gasteiger partial charge in [-0.15, -0.1) is 0 Å². The predicted octanol–water partition coefficient (Wildman–Crippen LogP) is 4.73. The summed E-state index contributed by atoms with van der Waals surface area (Å²) >= 11 is 0. The lowest BCUT2D eigenvalue weighted by atomic mass is 9.84. The Hall–Kier alpha value is -2.90. The second kappa shape index (κ2) is 8.63. The SMILES string of the molecule is CCOC(=O)c1ccc(C(C)(C)CNC(=O)c2ccccc2C(F)(F)F)cc1F. The van der Waals surface area contributed by atoms with Crippen LogP contribution in [-0.4, -0.2) is 25.0 Å². The maximum Gasteiger partial charge on any atom is 0.417 e. The van der Waals surface area contributed by atoms with E-state index in [9.17, 15) is 27.2 Å². The number of alkyl halides is 3. The first kappa shape index (κ1) is 22.4. The Balaban J connectivity index is 2.17. The summed E-state index contributed by atoms with van der Waals surface area (Å²) in [5.41, 5.74) is -2.07. The normalized spacial score (nSPS) is 11.8. The molecule has 156 valence electrons. The first-order chi connectivity index (χ1) is 13.5. The second-order valence-electron chi connectivity index (χ2n) is 7.02. The van der Waals surface area contributed by atoms with Crippen LogP contribution in [0, 0.1) is 5.82 Å². The molecule has 0 aliphatic carbocycles. The highest BCUT2D eigenvalue weighted by Gasteiger charge is 2.35. The van der Waals surface area contributed by atoms with E-state index < -0.39 is 40.4 Å². The Morgan fingerprint density at radius 1 is 1.03 bits per heavy atom. The molecule has 0 saturated carbocycles. The monoisotopic (exact) mass is 411 g/mol. The molecular formula is C21H21F4NO3. The first-order valence-corrected chi connectivity index (χ1v) is 8.89. The van der Waals surface area contributed by atoms with Gasteiger partial charge in [-0.05, 0) is 36.8 Å². The molecule has 0 unspecified atom stereocenters. The number of carbonyl (C=O) groups is 2. The van der Waals surface area contributed by atoms with Crippen molar-refractivity contribution in [3.05, 3.63) is 70.5 Å². The average Bonchev–Trinajstić information content (AvgIpc) is 2.65. The van der Waals surface area contributed by atoms with E-state index in [0.29, 0.717) is 5.56 Å². The molecule has 0 fully saturated rings. The smallest absolute Gasteiger partial charge is 0.417 e. The number of benzene rings is 2. The van der Waals surface area contributed by atoms with Crippen molar-refractivity contribution in [2.24, 2.45) is 0 Å². The van der Waals surface area contributed by atoms with Gasteiger partial charge in [0.2, 0.25) is 0 Å². The summed E-state index contributed by atoms with van der Waals surface area (Å²) in [5, 5.41) is 2.47. The summed E-state index contributed by atoms with van der Waals surface area (Å²) in [6.07, 6.45) is -4.66. The van der Waals surface area contributed by atoms with Gasteiger partial charge in [0.05, 0.1) is 23.3 Å². The molecule has 0 aliphatic heterocycles. The molecule has 0 aromatic heterocycles. The Labute approximate surface area is 165 Å². The number of amides is 1. The summed E-state index contributed by atoms with van der Waals surface area (Å²) in [6, 6.07) is 8.44. The van der Waals surface area contributed by atoms with Crippen molar-refractivity contribution in [3.63, 3.8) is 0 Å². The summed E-state index contributed by atoms with van der Waals surface area (Å²) in [6.45, 7) is 5.06. The van der Waals surface area contributed by atoms with Crippen molar-refractivity contribution in [3.8, 4) is 0 Å². The lowest BCUT2D eigenvalue weighted by Crippen LogP contribution is -2.37. The van der Waals surface area contributed by atoms with Crippen molar-refractivity contribution in [2.75, 3.05) is 13.2 Å². The van der Waals surface area contributed by atoms with Crippen LogP contribution in [0.25, 0.3) is 0 Å². The fourth-order valence-corrected chi connectivity index (χ4v) is 2.74. The first-order valence-electron chi connectivity index (χ1n) is 8.89. The molecular weight excluding hydrogens is 390 g/mol. The van der Waals surface area contributed by atoms with E-state index in [-0.39, 0.29) is 18.7 Å². The van der Waals surface area contributed by atoms with Crippen molar-refractivity contribution < 1.29 is 31.9 Å². The number of carbonyl (C=O) groups excluding carboxylic acids is 2. The molecule has 0 bridgehead atoms. The van der Waals surface area contributed by atoms with Gasteiger partial charge in [0, 0.05) is 12.0 Å². The van der Waals surface area contributed by atoms with Crippen molar-refractivity contribution in [2.45, 2.75) is 32.4 Å². The van der Waals surface area contributed by atoms with E-state index >= 15 is 0 Å². The number of hydrogen-bond acceptors (Lipinski definition) is 3. The van der Waals surface area contributed by atoms with Gasteiger partial charge in [0.1, 0.15) is 5.82 Å². The molecule has 0 saturated heterocycles. The van der Waals surface area contributed by atoms with E-state index in [1.807, 2.05) is 0 Å². The lowest BCUT2D eigenvalue weighted by Gasteiger charge is -2.26. The van der Waals surface area contributed by atoms with Gasteiger partial charge in [0.15, 0.2) is 0 Å². The van der Waals surface area contributed by atoms with Crippen LogP contribution in [0.4, 0.5) is 17.6 Å². The Morgan fingerprint density at radius 2 is 1.69 bits per heavy atom. The zero-order valence-corrected chi connectivity index (χ0v) is 16.2. The standard InChI is InChI=1S/C21H21F4NO3/c1-4-29-19(28)15-10-9-13(11-17(15)22)20(2,3)12-26-18(27)14-7-5-6-8-16(14)21(23,24)25/h5-11H,4,12H2,1-3H3,(H,26,27). The number of esters is 1. The number of nitrogens with one attached hydrogen (secondary N) is 1. The molecule has 0 heterocycles. The van der Waals surface area contributed by atoms with Gasteiger partial charge in [-0.25, -0.2) is 9.18 Å².